The number of benzene rings is 2. The van der Waals surface area contributed by atoms with Gasteiger partial charge in [-0.15, -0.1) is 0 Å². The topological polar surface area (TPSA) is 86.6 Å². The van der Waals surface area contributed by atoms with Crippen molar-refractivity contribution in [3.05, 3.63) is 53.1 Å². The van der Waals surface area contributed by atoms with Gasteiger partial charge in [-0.3, -0.25) is 14.4 Å². The summed E-state index contributed by atoms with van der Waals surface area (Å²) in [4.78, 5) is 42.7. The minimum atomic E-state index is -1.15. The van der Waals surface area contributed by atoms with Crippen molar-refractivity contribution >= 4 is 17.5 Å². The zero-order chi connectivity index (χ0) is 25.0. The fourth-order valence-electron chi connectivity index (χ4n) is 4.29. The van der Waals surface area contributed by atoms with E-state index in [4.69, 9.17) is 14.2 Å². The molecule has 1 saturated heterocycles. The second-order valence-corrected chi connectivity index (χ2v) is 8.63. The number of ketones is 2. The molecule has 0 aromatic heterocycles. The lowest BCUT2D eigenvalue weighted by molar-refractivity contribution is -0.857. The van der Waals surface area contributed by atoms with Gasteiger partial charge in [0.1, 0.15) is 11.7 Å². The van der Waals surface area contributed by atoms with Crippen molar-refractivity contribution in [2.24, 2.45) is 5.92 Å². The van der Waals surface area contributed by atoms with Crippen LogP contribution in [0.15, 0.2) is 36.4 Å². The Labute approximate surface area is 200 Å². The van der Waals surface area contributed by atoms with E-state index in [1.807, 2.05) is 21.0 Å². The minimum Gasteiger partial charge on any atom is -0.497 e. The van der Waals surface area contributed by atoms with E-state index in [0.717, 1.165) is 4.90 Å². The first-order chi connectivity index (χ1) is 16.2. The highest BCUT2D eigenvalue weighted by atomic mass is 16.5. The maximum absolute atomic E-state index is 13.7. The Balaban J connectivity index is 2.10. The molecule has 8 heteroatoms. The first-order valence-electron chi connectivity index (χ1n) is 11.4. The molecule has 1 aliphatic heterocycles. The highest BCUT2D eigenvalue weighted by Gasteiger charge is 2.52. The molecule has 1 amide bonds. The first-order valence-corrected chi connectivity index (χ1v) is 11.4. The molecular weight excluding hydrogens is 436 g/mol. The molecule has 0 spiro atoms. The Morgan fingerprint density at radius 1 is 1.03 bits per heavy atom. The first kappa shape index (κ1) is 25.2. The Bertz CT molecular complexity index is 1080. The van der Waals surface area contributed by atoms with Crippen LogP contribution in [-0.4, -0.2) is 70.4 Å². The molecule has 0 aliphatic carbocycles. The van der Waals surface area contributed by atoms with Crippen LogP contribution < -0.4 is 19.1 Å². The van der Waals surface area contributed by atoms with E-state index in [9.17, 15) is 14.4 Å². The molecular formula is C26H33N2O6+. The molecule has 1 N–H and O–H groups in total. The number of carbonyl (C=O) groups is 3. The van der Waals surface area contributed by atoms with Crippen molar-refractivity contribution in [3.63, 3.8) is 0 Å². The lowest BCUT2D eigenvalue weighted by atomic mass is 9.85. The van der Waals surface area contributed by atoms with E-state index in [-0.39, 0.29) is 5.78 Å². The number of aryl methyl sites for hydroxylation is 1. The molecule has 1 aliphatic rings. The standard InChI is InChI=1S/C26H32N2O6/c1-7-34-20-11-8-17(15-21(20)33-6)23-22(25(30)26(31)28(23)13-12-27(3)4)24(29)19-10-9-18(32-5)14-16(19)2/h8-11,14-15,22-23H,7,12-13H2,1-6H3/p+1. The summed E-state index contributed by atoms with van der Waals surface area (Å²) in [7, 11) is 7.03. The molecule has 2 atom stereocenters. The fourth-order valence-corrected chi connectivity index (χ4v) is 4.29. The second kappa shape index (κ2) is 10.7. The Kier molecular flexibility index (Phi) is 7.94. The van der Waals surface area contributed by atoms with Gasteiger partial charge in [0.05, 0.1) is 54.1 Å². The Morgan fingerprint density at radius 3 is 2.35 bits per heavy atom. The van der Waals surface area contributed by atoms with Crippen molar-refractivity contribution in [3.8, 4) is 17.2 Å². The summed E-state index contributed by atoms with van der Waals surface area (Å²) in [5.74, 6) is -1.20. The third kappa shape index (κ3) is 4.92. The third-order valence-corrected chi connectivity index (χ3v) is 6.07. The molecule has 0 saturated carbocycles. The van der Waals surface area contributed by atoms with Crippen molar-refractivity contribution < 1.29 is 33.5 Å². The lowest BCUT2D eigenvalue weighted by Crippen LogP contribution is -3.06. The smallest absolute Gasteiger partial charge is 0.291 e. The number of methoxy groups -OCH3 is 2. The number of nitrogens with zero attached hydrogens (tertiary/aromatic N) is 1. The van der Waals surface area contributed by atoms with Gasteiger partial charge in [-0.1, -0.05) is 6.07 Å². The van der Waals surface area contributed by atoms with Crippen LogP contribution >= 0.6 is 0 Å². The molecule has 3 rings (SSSR count). The molecule has 8 nitrogen and oxygen atoms in total. The zero-order valence-corrected chi connectivity index (χ0v) is 20.6. The molecule has 34 heavy (non-hydrogen) atoms. The quantitative estimate of drug-likeness (QED) is 0.323. The molecule has 0 bridgehead atoms. The van der Waals surface area contributed by atoms with E-state index < -0.39 is 23.7 Å². The maximum atomic E-state index is 13.7. The summed E-state index contributed by atoms with van der Waals surface area (Å²) in [5, 5.41) is 0. The average Bonchev–Trinajstić information content (AvgIpc) is 3.07. The van der Waals surface area contributed by atoms with Crippen LogP contribution in [0.25, 0.3) is 0 Å². The summed E-state index contributed by atoms with van der Waals surface area (Å²) < 4.78 is 16.4. The largest absolute Gasteiger partial charge is 0.497 e. The van der Waals surface area contributed by atoms with Gasteiger partial charge in [0.25, 0.3) is 5.91 Å². The zero-order valence-electron chi connectivity index (χ0n) is 20.6. The number of nitrogens with one attached hydrogen (secondary N) is 1. The van der Waals surface area contributed by atoms with Crippen LogP contribution in [0.3, 0.4) is 0 Å². The number of carbonyl (C=O) groups excluding carboxylic acids is 3. The van der Waals surface area contributed by atoms with Gasteiger partial charge in [-0.05, 0) is 55.3 Å². The maximum Gasteiger partial charge on any atom is 0.291 e. The van der Waals surface area contributed by atoms with Crippen molar-refractivity contribution in [1.82, 2.24) is 4.90 Å². The van der Waals surface area contributed by atoms with E-state index in [2.05, 4.69) is 0 Å². The fraction of sp³-hybridized carbons (Fsp3) is 0.423. The predicted octanol–water partition coefficient (Wildman–Crippen LogP) is 1.51. The molecule has 1 fully saturated rings. The van der Waals surface area contributed by atoms with E-state index >= 15 is 0 Å². The predicted molar refractivity (Wildman–Crippen MR) is 127 cm³/mol. The van der Waals surface area contributed by atoms with E-state index in [0.29, 0.717) is 53.6 Å². The number of hydrogen-bond acceptors (Lipinski definition) is 6. The summed E-state index contributed by atoms with van der Waals surface area (Å²) in [6.07, 6.45) is 0. The minimum absolute atomic E-state index is 0.346. The lowest BCUT2D eigenvalue weighted by Gasteiger charge is -2.28. The van der Waals surface area contributed by atoms with Gasteiger partial charge in [0.15, 0.2) is 17.3 Å². The van der Waals surface area contributed by atoms with Gasteiger partial charge in [-0.25, -0.2) is 0 Å². The monoisotopic (exact) mass is 469 g/mol. The van der Waals surface area contributed by atoms with Crippen LogP contribution in [0, 0.1) is 12.8 Å². The molecule has 182 valence electrons. The summed E-state index contributed by atoms with van der Waals surface area (Å²) >= 11 is 0. The Hall–Kier alpha value is -3.39. The molecule has 0 radical (unpaired) electrons. The van der Waals surface area contributed by atoms with Crippen LogP contribution in [-0.2, 0) is 9.59 Å². The van der Waals surface area contributed by atoms with Crippen LogP contribution in [0.2, 0.25) is 0 Å². The van der Waals surface area contributed by atoms with Gasteiger partial charge in [0, 0.05) is 5.56 Å². The third-order valence-electron chi connectivity index (χ3n) is 6.07. The molecule has 2 aromatic rings. The summed E-state index contributed by atoms with van der Waals surface area (Å²) in [6, 6.07) is 9.63. The van der Waals surface area contributed by atoms with Crippen molar-refractivity contribution in [2.45, 2.75) is 19.9 Å². The van der Waals surface area contributed by atoms with E-state index in [1.165, 1.54) is 12.0 Å². The highest BCUT2D eigenvalue weighted by molar-refractivity contribution is 6.44. The van der Waals surface area contributed by atoms with Gasteiger partial charge in [-0.2, -0.15) is 0 Å². The van der Waals surface area contributed by atoms with Gasteiger partial charge in [0.2, 0.25) is 5.78 Å². The van der Waals surface area contributed by atoms with Crippen LogP contribution in [0.5, 0.6) is 17.2 Å². The molecule has 1 heterocycles. The number of likely N-dealkylation sites (N-methyl/N-ethyl adjacent to an activating group) is 1. The average molecular weight is 470 g/mol. The number of amides is 1. The number of rotatable bonds is 10. The normalized spacial score (nSPS) is 17.9. The van der Waals surface area contributed by atoms with Crippen molar-refractivity contribution in [2.75, 3.05) is 48.0 Å². The van der Waals surface area contributed by atoms with Gasteiger partial charge < -0.3 is 24.0 Å². The van der Waals surface area contributed by atoms with Gasteiger partial charge >= 0.3 is 0 Å². The number of likely N-dealkylation sites (tertiary alicyclic amines) is 1. The molecule has 2 unspecified atom stereocenters. The molecule has 2 aromatic carbocycles. The van der Waals surface area contributed by atoms with Crippen LogP contribution in [0.1, 0.15) is 34.5 Å². The van der Waals surface area contributed by atoms with E-state index in [1.54, 1.807) is 50.4 Å². The SMILES string of the molecule is CCOc1ccc(C2C(C(=O)c3ccc(OC)cc3C)C(=O)C(=O)N2CC[NH+](C)C)cc1OC. The number of hydrogen-bond donors (Lipinski definition) is 1. The van der Waals surface area contributed by atoms with Crippen LogP contribution in [0.4, 0.5) is 0 Å². The second-order valence-electron chi connectivity index (χ2n) is 8.63. The number of quaternary nitrogens is 1. The van der Waals surface area contributed by atoms with Crippen molar-refractivity contribution in [1.29, 1.82) is 0 Å². The number of ether oxygens (including phenoxy) is 3. The highest BCUT2D eigenvalue weighted by Crippen LogP contribution is 2.41. The number of Topliss-reactive ketones (excluding diaryl/α,β-unsaturated/α-hetero) is 2. The summed E-state index contributed by atoms with van der Waals surface area (Å²) in [5.41, 5.74) is 1.73. The summed E-state index contributed by atoms with van der Waals surface area (Å²) in [6.45, 7) is 5.11. The Morgan fingerprint density at radius 2 is 1.76 bits per heavy atom.